The molecular formula is C29H25F3N6O3. The van der Waals surface area contributed by atoms with Crippen LogP contribution in [0.4, 0.5) is 19.0 Å². The highest BCUT2D eigenvalue weighted by Gasteiger charge is 2.32. The molecule has 0 bridgehead atoms. The zero-order chi connectivity index (χ0) is 29.3. The standard InChI is InChI=1S/C29H25F3N6O3/c1-4-41-28(40)23-17-37(22-12-8-19(9-13-22)24-16-25-33-14-5-15-36(25)34-24)35-26(23)38(18(2)3)27(39)20-6-10-21(11-7-20)29(30,31)32/h5-18H,4H2,1-3H3. The van der Waals surface area contributed by atoms with Gasteiger partial charge in [-0.2, -0.15) is 18.3 Å². The van der Waals surface area contributed by atoms with E-state index >= 15 is 0 Å². The molecule has 2 aromatic carbocycles. The Bertz CT molecular complexity index is 1670. The van der Waals surface area contributed by atoms with Crippen LogP contribution in [0.1, 0.15) is 47.1 Å². The minimum absolute atomic E-state index is 0.0161. The Hall–Kier alpha value is -5.00. The smallest absolute Gasteiger partial charge is 0.416 e. The summed E-state index contributed by atoms with van der Waals surface area (Å²) in [5.41, 5.74) is 2.03. The fraction of sp³-hybridized carbons (Fsp3) is 0.207. The molecular weight excluding hydrogens is 537 g/mol. The van der Waals surface area contributed by atoms with Crippen molar-refractivity contribution in [2.45, 2.75) is 33.0 Å². The maximum absolute atomic E-state index is 13.5. The number of hydrogen-bond donors (Lipinski definition) is 0. The van der Waals surface area contributed by atoms with Crippen molar-refractivity contribution in [3.63, 3.8) is 0 Å². The molecule has 0 atom stereocenters. The van der Waals surface area contributed by atoms with Crippen LogP contribution in [0.25, 0.3) is 22.6 Å². The molecule has 12 heteroatoms. The first-order valence-corrected chi connectivity index (χ1v) is 12.8. The molecule has 0 fully saturated rings. The predicted molar refractivity (Wildman–Crippen MR) is 145 cm³/mol. The minimum Gasteiger partial charge on any atom is -0.462 e. The lowest BCUT2D eigenvalue weighted by Crippen LogP contribution is -2.38. The van der Waals surface area contributed by atoms with Crippen molar-refractivity contribution in [3.05, 3.63) is 95.9 Å². The van der Waals surface area contributed by atoms with E-state index in [2.05, 4.69) is 15.2 Å². The van der Waals surface area contributed by atoms with Crippen LogP contribution in [0.15, 0.2) is 79.3 Å². The first kappa shape index (κ1) is 27.6. The van der Waals surface area contributed by atoms with Crippen LogP contribution in [0.3, 0.4) is 0 Å². The SMILES string of the molecule is CCOC(=O)c1cn(-c2ccc(-c3cc4ncccn4n3)cc2)nc1N(C(=O)c1ccc(C(F)(F)F)cc1)C(C)C. The molecule has 0 saturated carbocycles. The van der Waals surface area contributed by atoms with Gasteiger partial charge >= 0.3 is 12.1 Å². The molecule has 210 valence electrons. The van der Waals surface area contributed by atoms with Crippen LogP contribution in [0, 0.1) is 0 Å². The van der Waals surface area contributed by atoms with Crippen LogP contribution < -0.4 is 4.90 Å². The van der Waals surface area contributed by atoms with Crippen molar-refractivity contribution in [1.82, 2.24) is 24.4 Å². The largest absolute Gasteiger partial charge is 0.462 e. The number of benzene rings is 2. The second kappa shape index (κ2) is 10.9. The number of esters is 1. The number of rotatable bonds is 7. The lowest BCUT2D eigenvalue weighted by molar-refractivity contribution is -0.137. The molecule has 0 aliphatic carbocycles. The van der Waals surface area contributed by atoms with Gasteiger partial charge in [0.15, 0.2) is 11.5 Å². The van der Waals surface area contributed by atoms with E-state index in [1.54, 1.807) is 55.9 Å². The van der Waals surface area contributed by atoms with Gasteiger partial charge in [-0.3, -0.25) is 9.69 Å². The second-order valence-electron chi connectivity index (χ2n) is 9.37. The third-order valence-corrected chi connectivity index (χ3v) is 6.28. The van der Waals surface area contributed by atoms with Crippen molar-refractivity contribution in [2.75, 3.05) is 11.5 Å². The highest BCUT2D eigenvalue weighted by Crippen LogP contribution is 2.31. The van der Waals surface area contributed by atoms with E-state index in [1.807, 2.05) is 18.2 Å². The summed E-state index contributed by atoms with van der Waals surface area (Å²) in [5, 5.41) is 9.08. The maximum atomic E-state index is 13.5. The molecule has 3 heterocycles. The van der Waals surface area contributed by atoms with Crippen LogP contribution in [-0.4, -0.2) is 48.9 Å². The van der Waals surface area contributed by atoms with Crippen molar-refractivity contribution in [3.8, 4) is 16.9 Å². The van der Waals surface area contributed by atoms with Gasteiger partial charge < -0.3 is 4.74 Å². The minimum atomic E-state index is -4.53. The van der Waals surface area contributed by atoms with Crippen molar-refractivity contribution in [2.24, 2.45) is 0 Å². The Balaban J connectivity index is 1.51. The third kappa shape index (κ3) is 5.53. The number of hydrogen-bond acceptors (Lipinski definition) is 6. The molecule has 0 saturated heterocycles. The molecule has 0 radical (unpaired) electrons. The Morgan fingerprint density at radius 3 is 2.34 bits per heavy atom. The van der Waals surface area contributed by atoms with Crippen LogP contribution in [0.2, 0.25) is 0 Å². The quantitative estimate of drug-likeness (QED) is 0.232. The second-order valence-corrected chi connectivity index (χ2v) is 9.37. The van der Waals surface area contributed by atoms with Gasteiger partial charge in [0.1, 0.15) is 5.56 Å². The van der Waals surface area contributed by atoms with Crippen molar-refractivity contribution in [1.29, 1.82) is 0 Å². The fourth-order valence-electron chi connectivity index (χ4n) is 4.30. The number of ether oxygens (including phenoxy) is 1. The van der Waals surface area contributed by atoms with Crippen LogP contribution >= 0.6 is 0 Å². The molecule has 1 amide bonds. The van der Waals surface area contributed by atoms with E-state index in [1.165, 1.54) is 15.8 Å². The topological polar surface area (TPSA) is 94.6 Å². The van der Waals surface area contributed by atoms with E-state index in [0.29, 0.717) is 11.3 Å². The number of nitrogens with zero attached hydrogens (tertiary/aromatic N) is 6. The molecule has 0 N–H and O–H groups in total. The fourth-order valence-corrected chi connectivity index (χ4v) is 4.30. The first-order valence-electron chi connectivity index (χ1n) is 12.8. The molecule has 5 rings (SSSR count). The van der Waals surface area contributed by atoms with E-state index in [-0.39, 0.29) is 23.6 Å². The normalized spacial score (nSPS) is 11.7. The highest BCUT2D eigenvalue weighted by atomic mass is 19.4. The number of alkyl halides is 3. The van der Waals surface area contributed by atoms with Crippen molar-refractivity contribution >= 4 is 23.3 Å². The summed E-state index contributed by atoms with van der Waals surface area (Å²) in [6, 6.07) is 14.3. The molecule has 0 unspecified atom stereocenters. The summed E-state index contributed by atoms with van der Waals surface area (Å²) in [6.45, 7) is 5.19. The van der Waals surface area contributed by atoms with Gasteiger partial charge in [-0.1, -0.05) is 12.1 Å². The number of fused-ring (bicyclic) bond motifs is 1. The molecule has 9 nitrogen and oxygen atoms in total. The number of anilines is 1. The van der Waals surface area contributed by atoms with Gasteiger partial charge in [0.25, 0.3) is 5.91 Å². The number of carbonyl (C=O) groups is 2. The Morgan fingerprint density at radius 2 is 1.73 bits per heavy atom. The van der Waals surface area contributed by atoms with E-state index in [9.17, 15) is 22.8 Å². The molecule has 0 spiro atoms. The van der Waals surface area contributed by atoms with E-state index in [4.69, 9.17) is 4.74 Å². The summed E-state index contributed by atoms with van der Waals surface area (Å²) in [6.07, 6.45) is 0.414. The zero-order valence-corrected chi connectivity index (χ0v) is 22.3. The third-order valence-electron chi connectivity index (χ3n) is 6.28. The van der Waals surface area contributed by atoms with Gasteiger partial charge in [-0.05, 0) is 63.2 Å². The summed E-state index contributed by atoms with van der Waals surface area (Å²) in [7, 11) is 0. The van der Waals surface area contributed by atoms with Crippen LogP contribution in [0.5, 0.6) is 0 Å². The number of aromatic nitrogens is 5. The van der Waals surface area contributed by atoms with Gasteiger partial charge in [0.05, 0.1) is 23.6 Å². The first-order chi connectivity index (χ1) is 19.6. The summed E-state index contributed by atoms with van der Waals surface area (Å²) in [5.74, 6) is -1.27. The summed E-state index contributed by atoms with van der Waals surface area (Å²) >= 11 is 0. The monoisotopic (exact) mass is 562 g/mol. The molecule has 5 aromatic rings. The Morgan fingerprint density at radius 1 is 1.02 bits per heavy atom. The predicted octanol–water partition coefficient (Wildman–Crippen LogP) is 5.83. The van der Waals surface area contributed by atoms with Gasteiger partial charge in [-0.15, -0.1) is 5.10 Å². The molecule has 41 heavy (non-hydrogen) atoms. The molecule has 3 aromatic heterocycles. The van der Waals surface area contributed by atoms with Gasteiger partial charge in [-0.25, -0.2) is 19.0 Å². The van der Waals surface area contributed by atoms with E-state index in [0.717, 1.165) is 35.5 Å². The Labute approximate surface area is 232 Å². The average molecular weight is 563 g/mol. The summed E-state index contributed by atoms with van der Waals surface area (Å²) in [4.78, 5) is 32.0. The maximum Gasteiger partial charge on any atom is 0.416 e. The van der Waals surface area contributed by atoms with Crippen LogP contribution in [-0.2, 0) is 10.9 Å². The Kier molecular flexibility index (Phi) is 7.31. The van der Waals surface area contributed by atoms with Gasteiger partial charge in [0, 0.05) is 41.8 Å². The zero-order valence-electron chi connectivity index (χ0n) is 22.3. The van der Waals surface area contributed by atoms with Crippen molar-refractivity contribution < 1.29 is 27.5 Å². The number of carbonyl (C=O) groups excluding carboxylic acids is 2. The number of halogens is 3. The lowest BCUT2D eigenvalue weighted by atomic mass is 10.1. The summed E-state index contributed by atoms with van der Waals surface area (Å²) < 4.78 is 47.5. The number of amides is 1. The average Bonchev–Trinajstić information content (AvgIpc) is 3.58. The highest BCUT2D eigenvalue weighted by molar-refractivity contribution is 6.09. The molecule has 0 aliphatic rings. The lowest BCUT2D eigenvalue weighted by Gasteiger charge is -2.25. The molecule has 0 aliphatic heterocycles. The van der Waals surface area contributed by atoms with E-state index < -0.39 is 29.7 Å². The van der Waals surface area contributed by atoms with Gasteiger partial charge in [0.2, 0.25) is 0 Å².